The number of hydrogen-bond donors (Lipinski definition) is 0. The smallest absolute Gasteiger partial charge is 0.119 e. The topological polar surface area (TPSA) is 28.1 Å². The number of hydrogen-bond acceptors (Lipinski definition) is 4. The molecule has 2 aromatic carbocycles. The molecule has 0 amide bonds. The molecular weight excluding hydrogens is 310 g/mol. The Morgan fingerprint density at radius 3 is 2.68 bits per heavy atom. The summed E-state index contributed by atoms with van der Waals surface area (Å²) in [6.07, 6.45) is 4.12. The Hall–Kier alpha value is -2.59. The van der Waals surface area contributed by atoms with Crippen molar-refractivity contribution in [2.24, 2.45) is 4.99 Å². The zero-order valence-electron chi connectivity index (χ0n) is 15.1. The standard InChI is InChI=1S/C21H25N3O/c1-17-13-22-21(19-10-7-11-20(12-19)25-3)15-23(2)16-24(17)14-18-8-5-4-6-9-18/h4-13,15,17H,14,16H2,1-3H3. The second-order valence-corrected chi connectivity index (χ2v) is 6.40. The molecule has 0 spiro atoms. The normalized spacial score (nSPS) is 18.4. The molecule has 4 heteroatoms. The third-order valence-electron chi connectivity index (χ3n) is 4.35. The molecular formula is C21H25N3O. The summed E-state index contributed by atoms with van der Waals surface area (Å²) < 4.78 is 5.33. The summed E-state index contributed by atoms with van der Waals surface area (Å²) in [5.74, 6) is 0.845. The van der Waals surface area contributed by atoms with E-state index in [0.29, 0.717) is 0 Å². The van der Waals surface area contributed by atoms with Gasteiger partial charge in [0, 0.05) is 37.6 Å². The van der Waals surface area contributed by atoms with E-state index in [0.717, 1.165) is 30.2 Å². The van der Waals surface area contributed by atoms with Crippen LogP contribution in [0.1, 0.15) is 18.1 Å². The lowest BCUT2D eigenvalue weighted by atomic mass is 10.1. The molecule has 1 atom stereocenters. The van der Waals surface area contributed by atoms with Crippen LogP contribution in [0, 0.1) is 0 Å². The largest absolute Gasteiger partial charge is 0.497 e. The summed E-state index contributed by atoms with van der Waals surface area (Å²) in [6, 6.07) is 18.8. The van der Waals surface area contributed by atoms with Gasteiger partial charge in [-0.15, -0.1) is 0 Å². The molecule has 3 rings (SSSR count). The third-order valence-corrected chi connectivity index (χ3v) is 4.35. The van der Waals surface area contributed by atoms with Gasteiger partial charge < -0.3 is 9.64 Å². The molecule has 0 radical (unpaired) electrons. The SMILES string of the molecule is COc1cccc(C2=CN(C)CN(Cc3ccccc3)C(C)C=N2)c1. The van der Waals surface area contributed by atoms with Crippen LogP contribution >= 0.6 is 0 Å². The van der Waals surface area contributed by atoms with Crippen LogP contribution in [-0.4, -0.2) is 42.9 Å². The molecule has 4 nitrogen and oxygen atoms in total. The van der Waals surface area contributed by atoms with Gasteiger partial charge in [-0.3, -0.25) is 9.89 Å². The van der Waals surface area contributed by atoms with E-state index < -0.39 is 0 Å². The molecule has 1 unspecified atom stereocenters. The van der Waals surface area contributed by atoms with Gasteiger partial charge in [-0.2, -0.15) is 0 Å². The molecule has 0 fully saturated rings. The Bertz CT molecular complexity index is 755. The highest BCUT2D eigenvalue weighted by Gasteiger charge is 2.17. The van der Waals surface area contributed by atoms with Gasteiger partial charge in [-0.1, -0.05) is 42.5 Å². The highest BCUT2D eigenvalue weighted by molar-refractivity contribution is 5.77. The Kier molecular flexibility index (Phi) is 5.51. The lowest BCUT2D eigenvalue weighted by molar-refractivity contribution is 0.168. The summed E-state index contributed by atoms with van der Waals surface area (Å²) >= 11 is 0. The highest BCUT2D eigenvalue weighted by atomic mass is 16.5. The van der Waals surface area contributed by atoms with E-state index in [4.69, 9.17) is 9.73 Å². The van der Waals surface area contributed by atoms with E-state index in [1.807, 2.05) is 24.4 Å². The number of aliphatic imine (C=N–C) groups is 1. The Morgan fingerprint density at radius 1 is 1.12 bits per heavy atom. The fourth-order valence-corrected chi connectivity index (χ4v) is 2.92. The predicted octanol–water partition coefficient (Wildman–Crippen LogP) is 3.86. The van der Waals surface area contributed by atoms with Gasteiger partial charge in [0.05, 0.1) is 19.5 Å². The van der Waals surface area contributed by atoms with Crippen LogP contribution in [-0.2, 0) is 6.54 Å². The van der Waals surface area contributed by atoms with Gasteiger partial charge in [0.25, 0.3) is 0 Å². The maximum absolute atomic E-state index is 5.33. The lowest BCUT2D eigenvalue weighted by Crippen LogP contribution is -2.40. The van der Waals surface area contributed by atoms with Crippen LogP contribution in [0.5, 0.6) is 5.75 Å². The molecule has 1 aliphatic rings. The minimum Gasteiger partial charge on any atom is -0.497 e. The third kappa shape index (κ3) is 4.48. The van der Waals surface area contributed by atoms with Crippen molar-refractivity contribution < 1.29 is 4.74 Å². The van der Waals surface area contributed by atoms with Crippen LogP contribution in [0.25, 0.3) is 5.70 Å². The monoisotopic (exact) mass is 335 g/mol. The number of nitrogens with zero attached hydrogens (tertiary/aromatic N) is 3. The van der Waals surface area contributed by atoms with E-state index in [2.05, 4.69) is 66.4 Å². The van der Waals surface area contributed by atoms with Crippen molar-refractivity contribution in [3.05, 3.63) is 71.9 Å². The average Bonchev–Trinajstić information content (AvgIpc) is 2.64. The molecule has 0 N–H and O–H groups in total. The van der Waals surface area contributed by atoms with Crippen molar-refractivity contribution >= 4 is 11.9 Å². The fourth-order valence-electron chi connectivity index (χ4n) is 2.92. The minimum atomic E-state index is 0.247. The van der Waals surface area contributed by atoms with Crippen molar-refractivity contribution in [3.63, 3.8) is 0 Å². The first-order valence-corrected chi connectivity index (χ1v) is 8.54. The Morgan fingerprint density at radius 2 is 1.92 bits per heavy atom. The van der Waals surface area contributed by atoms with Crippen molar-refractivity contribution in [1.29, 1.82) is 0 Å². The lowest BCUT2D eigenvalue weighted by Gasteiger charge is -2.32. The second kappa shape index (κ2) is 7.99. The molecule has 2 aromatic rings. The molecule has 1 aliphatic heterocycles. The summed E-state index contributed by atoms with van der Waals surface area (Å²) in [5.41, 5.74) is 3.33. The molecule has 1 heterocycles. The van der Waals surface area contributed by atoms with Gasteiger partial charge in [0.1, 0.15) is 5.75 Å². The fraction of sp³-hybridized carbons (Fsp3) is 0.286. The molecule has 0 aliphatic carbocycles. The minimum absolute atomic E-state index is 0.247. The zero-order valence-corrected chi connectivity index (χ0v) is 15.1. The number of methoxy groups -OCH3 is 1. The molecule has 0 saturated heterocycles. The van der Waals surface area contributed by atoms with E-state index in [1.165, 1.54) is 5.56 Å². The van der Waals surface area contributed by atoms with Crippen molar-refractivity contribution in [3.8, 4) is 5.75 Å². The van der Waals surface area contributed by atoms with Crippen molar-refractivity contribution in [2.45, 2.75) is 19.5 Å². The van der Waals surface area contributed by atoms with Crippen LogP contribution in [0.3, 0.4) is 0 Å². The summed E-state index contributed by atoms with van der Waals surface area (Å²) in [6.45, 7) is 3.94. The Labute approximate surface area is 150 Å². The van der Waals surface area contributed by atoms with Crippen LogP contribution in [0.2, 0.25) is 0 Å². The van der Waals surface area contributed by atoms with Crippen molar-refractivity contribution in [1.82, 2.24) is 9.80 Å². The predicted molar refractivity (Wildman–Crippen MR) is 104 cm³/mol. The van der Waals surface area contributed by atoms with E-state index in [1.54, 1.807) is 7.11 Å². The first-order valence-electron chi connectivity index (χ1n) is 8.54. The molecule has 0 saturated carbocycles. The van der Waals surface area contributed by atoms with Gasteiger partial charge in [-0.25, -0.2) is 0 Å². The van der Waals surface area contributed by atoms with Crippen molar-refractivity contribution in [2.75, 3.05) is 20.8 Å². The van der Waals surface area contributed by atoms with E-state index in [-0.39, 0.29) is 6.04 Å². The summed E-state index contributed by atoms with van der Waals surface area (Å²) in [4.78, 5) is 9.34. The van der Waals surface area contributed by atoms with Gasteiger partial charge in [-0.05, 0) is 24.6 Å². The quantitative estimate of drug-likeness (QED) is 0.849. The molecule has 25 heavy (non-hydrogen) atoms. The summed E-state index contributed by atoms with van der Waals surface area (Å²) in [5, 5.41) is 0. The first kappa shape index (κ1) is 17.2. The number of ether oxygens (including phenoxy) is 1. The maximum Gasteiger partial charge on any atom is 0.119 e. The molecule has 0 bridgehead atoms. The second-order valence-electron chi connectivity index (χ2n) is 6.40. The molecule has 0 aromatic heterocycles. The summed E-state index contributed by atoms with van der Waals surface area (Å²) in [7, 11) is 3.77. The van der Waals surface area contributed by atoms with Crippen LogP contribution in [0.4, 0.5) is 0 Å². The van der Waals surface area contributed by atoms with Crippen LogP contribution in [0.15, 0.2) is 65.8 Å². The first-order chi connectivity index (χ1) is 12.2. The van der Waals surface area contributed by atoms with Gasteiger partial charge >= 0.3 is 0 Å². The molecule has 130 valence electrons. The number of benzene rings is 2. The van der Waals surface area contributed by atoms with Gasteiger partial charge in [0.15, 0.2) is 0 Å². The Balaban J connectivity index is 1.80. The maximum atomic E-state index is 5.33. The van der Waals surface area contributed by atoms with Gasteiger partial charge in [0.2, 0.25) is 0 Å². The average molecular weight is 335 g/mol. The highest BCUT2D eigenvalue weighted by Crippen LogP contribution is 2.23. The van der Waals surface area contributed by atoms with Crippen LogP contribution < -0.4 is 4.74 Å². The van der Waals surface area contributed by atoms with E-state index in [9.17, 15) is 0 Å². The van der Waals surface area contributed by atoms with E-state index >= 15 is 0 Å². The number of rotatable bonds is 4. The zero-order chi connectivity index (χ0) is 17.6.